The lowest BCUT2D eigenvalue weighted by atomic mass is 9.70. The van der Waals surface area contributed by atoms with Gasteiger partial charge in [0.2, 0.25) is 0 Å². The molecule has 2 saturated heterocycles. The zero-order chi connectivity index (χ0) is 13.7. The van der Waals surface area contributed by atoms with Gasteiger partial charge in [0.25, 0.3) is 0 Å². The van der Waals surface area contributed by atoms with Crippen LogP contribution in [0.5, 0.6) is 0 Å². The summed E-state index contributed by atoms with van der Waals surface area (Å²) in [6.07, 6.45) is 11.6. The molecule has 0 aromatic rings. The van der Waals surface area contributed by atoms with Gasteiger partial charge < -0.3 is 9.47 Å². The molecule has 2 aliphatic heterocycles. The molecule has 8 aliphatic rings. The quantitative estimate of drug-likeness (QED) is 0.642. The minimum Gasteiger partial charge on any atom is -0.362 e. The predicted molar refractivity (Wildman–Crippen MR) is 78.0 cm³/mol. The molecular weight excluding hydrogens is 272 g/mol. The summed E-state index contributed by atoms with van der Waals surface area (Å²) in [5, 5.41) is 0. The Morgan fingerprint density at radius 3 is 1.27 bits per heavy atom. The van der Waals surface area contributed by atoms with Crippen LogP contribution in [0.1, 0.15) is 51.4 Å². The van der Waals surface area contributed by atoms with E-state index in [-0.39, 0.29) is 0 Å². The summed E-state index contributed by atoms with van der Waals surface area (Å²) < 4.78 is 13.9. The first-order chi connectivity index (χ1) is 10.7. The summed E-state index contributed by atoms with van der Waals surface area (Å²) in [4.78, 5) is 0. The van der Waals surface area contributed by atoms with Gasteiger partial charge in [-0.15, -0.1) is 0 Å². The van der Waals surface area contributed by atoms with Crippen molar-refractivity contribution in [1.29, 1.82) is 0 Å². The Morgan fingerprint density at radius 2 is 0.909 bits per heavy atom. The summed E-state index contributed by atoms with van der Waals surface area (Å²) in [6.45, 7) is 0. The van der Waals surface area contributed by atoms with Gasteiger partial charge in [-0.1, -0.05) is 0 Å². The van der Waals surface area contributed by atoms with Crippen molar-refractivity contribution in [3.05, 3.63) is 0 Å². The number of hydrogen-bond donors (Lipinski definition) is 0. The van der Waals surface area contributed by atoms with Gasteiger partial charge in [-0.3, -0.25) is 0 Å². The molecule has 6 saturated carbocycles. The van der Waals surface area contributed by atoms with E-state index in [0.29, 0.717) is 22.4 Å². The Kier molecular flexibility index (Phi) is 1.21. The van der Waals surface area contributed by atoms with E-state index in [9.17, 15) is 0 Å². The van der Waals surface area contributed by atoms with E-state index < -0.39 is 0 Å². The molecule has 4 unspecified atom stereocenters. The van der Waals surface area contributed by atoms with E-state index in [4.69, 9.17) is 9.47 Å². The molecular formula is C20H24O2. The summed E-state index contributed by atoms with van der Waals surface area (Å²) in [7, 11) is 0. The van der Waals surface area contributed by atoms with Gasteiger partial charge in [0.05, 0.1) is 11.2 Å². The zero-order valence-electron chi connectivity index (χ0n) is 13.1. The van der Waals surface area contributed by atoms with Crippen molar-refractivity contribution in [3.8, 4) is 0 Å². The summed E-state index contributed by atoms with van der Waals surface area (Å²) >= 11 is 0. The molecule has 4 atom stereocenters. The smallest absolute Gasteiger partial charge is 0.104 e. The van der Waals surface area contributed by atoms with Gasteiger partial charge in [0, 0.05) is 0 Å². The molecule has 0 amide bonds. The van der Waals surface area contributed by atoms with Gasteiger partial charge in [-0.2, -0.15) is 0 Å². The maximum absolute atomic E-state index is 6.96. The van der Waals surface area contributed by atoms with Crippen molar-refractivity contribution in [3.63, 3.8) is 0 Å². The van der Waals surface area contributed by atoms with Crippen molar-refractivity contribution >= 4 is 0 Å². The number of hydrogen-bond acceptors (Lipinski definition) is 2. The van der Waals surface area contributed by atoms with E-state index in [1.165, 1.54) is 51.4 Å². The Balaban J connectivity index is 1.43. The van der Waals surface area contributed by atoms with Gasteiger partial charge in [-0.25, -0.2) is 0 Å². The van der Waals surface area contributed by atoms with Crippen molar-refractivity contribution in [2.24, 2.45) is 47.3 Å². The van der Waals surface area contributed by atoms with E-state index in [1.54, 1.807) is 0 Å². The van der Waals surface area contributed by atoms with Crippen LogP contribution in [0.25, 0.3) is 0 Å². The third kappa shape index (κ3) is 0.660. The van der Waals surface area contributed by atoms with E-state index in [0.717, 1.165) is 47.3 Å². The predicted octanol–water partition coefficient (Wildman–Crippen LogP) is 3.15. The molecule has 0 radical (unpaired) electrons. The Bertz CT molecular complexity index is 587. The van der Waals surface area contributed by atoms with Crippen molar-refractivity contribution in [1.82, 2.24) is 0 Å². The van der Waals surface area contributed by atoms with Crippen molar-refractivity contribution in [2.45, 2.75) is 73.8 Å². The Hall–Kier alpha value is -0.0800. The van der Waals surface area contributed by atoms with E-state index in [1.807, 2.05) is 0 Å². The monoisotopic (exact) mass is 296 g/mol. The highest BCUT2D eigenvalue weighted by molar-refractivity contribution is 5.43. The van der Waals surface area contributed by atoms with E-state index in [2.05, 4.69) is 0 Å². The van der Waals surface area contributed by atoms with Crippen LogP contribution in [-0.2, 0) is 9.47 Å². The van der Waals surface area contributed by atoms with Gasteiger partial charge in [0.1, 0.15) is 11.2 Å². The average molecular weight is 296 g/mol. The first kappa shape index (κ1) is 10.7. The molecule has 22 heavy (non-hydrogen) atoms. The minimum atomic E-state index is 0.363. The van der Waals surface area contributed by atoms with Gasteiger partial charge >= 0.3 is 0 Å². The van der Waals surface area contributed by atoms with Gasteiger partial charge in [0.15, 0.2) is 0 Å². The van der Waals surface area contributed by atoms with Gasteiger partial charge in [-0.05, 0) is 98.7 Å². The van der Waals surface area contributed by atoms with Crippen LogP contribution < -0.4 is 0 Å². The lowest BCUT2D eigenvalue weighted by Crippen LogP contribution is -2.39. The molecule has 2 nitrogen and oxygen atoms in total. The van der Waals surface area contributed by atoms with Crippen molar-refractivity contribution in [2.75, 3.05) is 0 Å². The molecule has 0 bridgehead atoms. The zero-order valence-corrected chi connectivity index (χ0v) is 13.1. The highest BCUT2D eigenvalue weighted by Crippen LogP contribution is 2.90. The lowest BCUT2D eigenvalue weighted by Gasteiger charge is -2.27. The van der Waals surface area contributed by atoms with Crippen LogP contribution in [0.15, 0.2) is 0 Å². The second-order valence-corrected chi connectivity index (χ2v) is 10.9. The number of rotatable bonds is 0. The molecule has 8 rings (SSSR count). The van der Waals surface area contributed by atoms with Crippen LogP contribution in [0.2, 0.25) is 0 Å². The standard InChI is InChI=1S/C20H24O2/c1-2-12-15-11(1)19-13-3-4-14(16(13)15)20(12)18(22-20)7-9-5-17(19,21-19)6-10(9)8-18/h9-16H,1-8H2. The average Bonchev–Trinajstić information content (AvgIpc) is 2.87. The SMILES string of the molecule is C1CC2C3C4C5CCC4C24OC42CC4CC6(CC4C2)OC56C13. The molecule has 2 heteroatoms. The first-order valence-electron chi connectivity index (χ1n) is 10.2. The molecule has 6 aliphatic carbocycles. The fourth-order valence-electron chi connectivity index (χ4n) is 11.4. The van der Waals surface area contributed by atoms with E-state index >= 15 is 0 Å². The summed E-state index contributed by atoms with van der Waals surface area (Å²) in [5.74, 6) is 7.67. The minimum absolute atomic E-state index is 0.363. The fraction of sp³-hybridized carbons (Fsp3) is 1.00. The topological polar surface area (TPSA) is 25.1 Å². The van der Waals surface area contributed by atoms with Crippen LogP contribution in [0, 0.1) is 47.3 Å². The highest BCUT2D eigenvalue weighted by atomic mass is 16.6. The number of fused-ring (bicyclic) bond motifs is 7. The second kappa shape index (κ2) is 2.47. The van der Waals surface area contributed by atoms with Crippen LogP contribution >= 0.6 is 0 Å². The molecule has 0 N–H and O–H groups in total. The maximum atomic E-state index is 6.96. The number of ether oxygens (including phenoxy) is 2. The molecule has 116 valence electrons. The number of epoxide rings is 2. The third-order valence-electron chi connectivity index (χ3n) is 11.2. The van der Waals surface area contributed by atoms with Crippen LogP contribution in [0.3, 0.4) is 0 Å². The fourth-order valence-corrected chi connectivity index (χ4v) is 11.4. The first-order valence-corrected chi connectivity index (χ1v) is 10.2. The maximum Gasteiger partial charge on any atom is 0.104 e. The lowest BCUT2D eigenvalue weighted by molar-refractivity contribution is 0.162. The Labute approximate surface area is 131 Å². The largest absolute Gasteiger partial charge is 0.362 e. The highest BCUT2D eigenvalue weighted by Gasteiger charge is 2.95. The normalized spacial score (nSPS) is 85.1. The summed E-state index contributed by atoms with van der Waals surface area (Å²) in [6, 6.07) is 0. The molecule has 4 spiro atoms. The molecule has 2 heterocycles. The molecule has 0 aromatic carbocycles. The second-order valence-electron chi connectivity index (χ2n) is 10.9. The molecule has 8 fully saturated rings. The third-order valence-corrected chi connectivity index (χ3v) is 11.2. The Morgan fingerprint density at radius 1 is 0.545 bits per heavy atom. The molecule has 0 aromatic heterocycles. The van der Waals surface area contributed by atoms with Crippen LogP contribution in [0.4, 0.5) is 0 Å². The van der Waals surface area contributed by atoms with Crippen LogP contribution in [-0.4, -0.2) is 22.4 Å². The summed E-state index contributed by atoms with van der Waals surface area (Å²) in [5.41, 5.74) is 1.49. The van der Waals surface area contributed by atoms with Crippen molar-refractivity contribution < 1.29 is 9.47 Å².